The first-order valence-corrected chi connectivity index (χ1v) is 12.0. The van der Waals surface area contributed by atoms with E-state index in [0.717, 1.165) is 5.39 Å². The molecule has 0 saturated carbocycles. The third-order valence-electron chi connectivity index (χ3n) is 6.67. The summed E-state index contributed by atoms with van der Waals surface area (Å²) in [5.41, 5.74) is -1.10. The van der Waals surface area contributed by atoms with Crippen molar-refractivity contribution >= 4 is 43.5 Å². The summed E-state index contributed by atoms with van der Waals surface area (Å²) >= 11 is 0. The smallest absolute Gasteiger partial charge is 0.136 e. The molecule has 0 saturated heterocycles. The molecule has 0 aliphatic heterocycles. The van der Waals surface area contributed by atoms with Gasteiger partial charge in [0.2, 0.25) is 0 Å². The maximum Gasteiger partial charge on any atom is 0.136 e. The van der Waals surface area contributed by atoms with Crippen LogP contribution in [-0.2, 0) is 0 Å². The zero-order valence-corrected chi connectivity index (χ0v) is 19.9. The van der Waals surface area contributed by atoms with Gasteiger partial charge in [-0.15, -0.1) is 0 Å². The van der Waals surface area contributed by atoms with Gasteiger partial charge in [-0.05, 0) is 73.1 Å². The average molecular weight is 514 g/mol. The topological polar surface area (TPSA) is 13.1 Å². The third-order valence-corrected chi connectivity index (χ3v) is 6.67. The van der Waals surface area contributed by atoms with E-state index >= 15 is 0 Å². The van der Waals surface area contributed by atoms with E-state index in [9.17, 15) is 8.22 Å². The van der Waals surface area contributed by atoms with Gasteiger partial charge in [-0.2, -0.15) is 0 Å². The van der Waals surface area contributed by atoms with Crippen LogP contribution in [0.25, 0.3) is 76.9 Å². The van der Waals surface area contributed by atoms with E-state index in [1.165, 1.54) is 0 Å². The Morgan fingerprint density at radius 2 is 0.897 bits per heavy atom. The highest BCUT2D eigenvalue weighted by molar-refractivity contribution is 6.22. The Morgan fingerprint density at radius 1 is 0.385 bits per heavy atom. The molecule has 0 fully saturated rings. The van der Waals surface area contributed by atoms with Gasteiger partial charge in [0.1, 0.15) is 11.2 Å². The number of hydrogen-bond acceptors (Lipinski definition) is 1. The molecule has 0 amide bonds. The molecule has 0 aliphatic rings. The van der Waals surface area contributed by atoms with Crippen LogP contribution >= 0.6 is 0 Å². The van der Waals surface area contributed by atoms with Crippen LogP contribution in [0.2, 0.25) is 0 Å². The monoisotopic (exact) mass is 513 g/mol. The number of para-hydroxylation sites is 1. The molecule has 182 valence electrons. The van der Waals surface area contributed by atoms with Crippen molar-refractivity contribution in [1.29, 1.82) is 0 Å². The number of hydrogen-bond donors (Lipinski definition) is 0. The Hall–Kier alpha value is -5.14. The first-order chi connectivity index (χ1) is 26.4. The summed E-state index contributed by atoms with van der Waals surface area (Å²) in [4.78, 5) is 0. The van der Waals surface area contributed by atoms with Crippen LogP contribution in [0.4, 0.5) is 0 Å². The second-order valence-corrected chi connectivity index (χ2v) is 8.81. The molecule has 0 radical (unpaired) electrons. The molecule has 1 nitrogen and oxygen atoms in total. The highest BCUT2D eigenvalue weighted by Crippen LogP contribution is 2.44. The lowest BCUT2D eigenvalue weighted by Gasteiger charge is -2.18. The Balaban J connectivity index is 1.62. The van der Waals surface area contributed by atoms with E-state index < -0.39 is 125 Å². The molecule has 0 atom stereocenters. The molecule has 1 heterocycles. The van der Waals surface area contributed by atoms with Gasteiger partial charge in [-0.25, -0.2) is 0 Å². The van der Waals surface area contributed by atoms with E-state index in [4.69, 9.17) is 19.5 Å². The van der Waals surface area contributed by atoms with Gasteiger partial charge in [0, 0.05) is 10.8 Å². The van der Waals surface area contributed by atoms with E-state index in [0.29, 0.717) is 16.6 Å². The second-order valence-electron chi connectivity index (χ2n) is 8.81. The molecule has 1 heteroatoms. The first-order valence-electron chi connectivity index (χ1n) is 20.5. The zero-order chi connectivity index (χ0) is 40.6. The van der Waals surface area contributed by atoms with Crippen molar-refractivity contribution in [3.05, 3.63) is 145 Å². The van der Waals surface area contributed by atoms with E-state index in [1.807, 2.05) is 12.1 Å². The number of rotatable bonds is 3. The van der Waals surface area contributed by atoms with Crippen molar-refractivity contribution < 1.29 is 27.7 Å². The van der Waals surface area contributed by atoms with Crippen molar-refractivity contribution in [1.82, 2.24) is 0 Å². The van der Waals surface area contributed by atoms with Gasteiger partial charge in [0.15, 0.2) is 0 Å². The highest BCUT2D eigenvalue weighted by Gasteiger charge is 2.17. The summed E-state index contributed by atoms with van der Waals surface area (Å²) in [5, 5.41) is 0.324. The van der Waals surface area contributed by atoms with Crippen LogP contribution in [0.15, 0.2) is 150 Å². The SMILES string of the molecule is [2H]c1c([2H])c([2H])c(-c2c([2H])c([2H])c(-c3c4c([2H])c([2H])c([2H])c([2H])c4c(-c4ccc5c(c4)oc4ccccc45)c4c([2H])c([2H])c([2H])c([2H])c34)c([2H])c2[2H])c([2H])c1[2H]. The van der Waals surface area contributed by atoms with E-state index in [-0.39, 0.29) is 32.7 Å². The summed E-state index contributed by atoms with van der Waals surface area (Å²) in [6.07, 6.45) is 0. The summed E-state index contributed by atoms with van der Waals surface area (Å²) in [6, 6.07) is -0.546. The van der Waals surface area contributed by atoms with Crippen molar-refractivity contribution in [3.63, 3.8) is 0 Å². The molecule has 0 unspecified atom stereocenters. The maximum absolute atomic E-state index is 9.26. The third kappa shape index (κ3) is 3.48. The highest BCUT2D eigenvalue weighted by atomic mass is 16.3. The molecule has 8 rings (SSSR count). The second kappa shape index (κ2) is 8.72. The summed E-state index contributed by atoms with van der Waals surface area (Å²) in [7, 11) is 0. The minimum atomic E-state index is -0.859. The quantitative estimate of drug-likeness (QED) is 0.214. The molecule has 0 aliphatic carbocycles. The van der Waals surface area contributed by atoms with Crippen LogP contribution in [0.3, 0.4) is 0 Å². The van der Waals surface area contributed by atoms with Crippen LogP contribution in [0.5, 0.6) is 0 Å². The lowest BCUT2D eigenvalue weighted by atomic mass is 9.85. The van der Waals surface area contributed by atoms with Gasteiger partial charge >= 0.3 is 0 Å². The van der Waals surface area contributed by atoms with Gasteiger partial charge in [-0.1, -0.05) is 127 Å². The zero-order valence-electron chi connectivity index (χ0n) is 36.9. The maximum atomic E-state index is 9.26. The summed E-state index contributed by atoms with van der Waals surface area (Å²) in [6.45, 7) is 0. The fourth-order valence-corrected chi connectivity index (χ4v) is 4.98. The lowest BCUT2D eigenvalue weighted by Crippen LogP contribution is -1.91. The Bertz CT molecular complexity index is 2970. The molecular formula is C38H24O. The Labute approximate surface area is 250 Å². The van der Waals surface area contributed by atoms with Gasteiger partial charge in [0.25, 0.3) is 0 Å². The fraction of sp³-hybridized carbons (Fsp3) is 0. The van der Waals surface area contributed by atoms with Crippen LogP contribution < -0.4 is 0 Å². The normalized spacial score (nSPS) is 17.7. The van der Waals surface area contributed by atoms with Gasteiger partial charge in [-0.3, -0.25) is 0 Å². The predicted octanol–water partition coefficient (Wildman–Crippen LogP) is 10.9. The Kier molecular flexibility index (Phi) is 2.44. The van der Waals surface area contributed by atoms with Gasteiger partial charge in [0.05, 0.1) is 23.3 Å². The molecule has 1 aromatic heterocycles. The average Bonchev–Trinajstić information content (AvgIpc) is 3.56. The van der Waals surface area contributed by atoms with Crippen molar-refractivity contribution in [2.75, 3.05) is 0 Å². The van der Waals surface area contributed by atoms with Gasteiger partial charge < -0.3 is 4.42 Å². The number of furan rings is 1. The first kappa shape index (κ1) is 10.9. The summed E-state index contributed by atoms with van der Waals surface area (Å²) < 4.78 is 155. The van der Waals surface area contributed by atoms with Crippen LogP contribution in [0.1, 0.15) is 23.3 Å². The molecule has 0 bridgehead atoms. The van der Waals surface area contributed by atoms with Crippen molar-refractivity contribution in [2.45, 2.75) is 0 Å². The number of benzene rings is 7. The molecule has 7 aromatic carbocycles. The largest absolute Gasteiger partial charge is 0.456 e. The molecule has 0 spiro atoms. The molecule has 39 heavy (non-hydrogen) atoms. The molecular weight excluding hydrogens is 472 g/mol. The Morgan fingerprint density at radius 3 is 1.56 bits per heavy atom. The van der Waals surface area contributed by atoms with Crippen molar-refractivity contribution in [3.8, 4) is 33.4 Å². The lowest BCUT2D eigenvalue weighted by molar-refractivity contribution is 0.669. The number of fused-ring (bicyclic) bond motifs is 5. The van der Waals surface area contributed by atoms with Crippen LogP contribution in [0, 0.1) is 0 Å². The minimum Gasteiger partial charge on any atom is -0.456 e. The standard InChI is InChI=1S/C38H24O/c1-2-10-25(11-3-1)26-18-20-27(21-19-26)37-31-13-4-6-15-33(31)38(34-16-7-5-14-32(34)37)28-22-23-30-29-12-8-9-17-35(29)39-36(30)24-28/h1-24H/i1D,2D,3D,4D,5D,6D,7D,10D,11D,13D,14D,15D,16D,18D,19D,20D,21D. The van der Waals surface area contributed by atoms with Crippen LogP contribution in [-0.4, -0.2) is 0 Å². The van der Waals surface area contributed by atoms with Crippen molar-refractivity contribution in [2.24, 2.45) is 0 Å². The molecule has 0 N–H and O–H groups in total. The minimum absolute atomic E-state index is 0.0221. The summed E-state index contributed by atoms with van der Waals surface area (Å²) in [5.74, 6) is 0. The molecule has 8 aromatic rings. The fourth-order valence-electron chi connectivity index (χ4n) is 4.98. The van der Waals surface area contributed by atoms with E-state index in [2.05, 4.69) is 0 Å². The van der Waals surface area contributed by atoms with E-state index in [1.54, 1.807) is 30.3 Å². The predicted molar refractivity (Wildman–Crippen MR) is 165 cm³/mol.